The minimum Gasteiger partial charge on any atom is -0.475 e. The Kier molecular flexibility index (Phi) is 6.21. The Hall–Kier alpha value is -1.17. The van der Waals surface area contributed by atoms with E-state index in [-0.39, 0.29) is 12.1 Å². The van der Waals surface area contributed by atoms with Gasteiger partial charge in [-0.3, -0.25) is 4.21 Å². The van der Waals surface area contributed by atoms with Crippen molar-refractivity contribution in [2.75, 3.05) is 17.3 Å². The van der Waals surface area contributed by atoms with Crippen LogP contribution in [-0.2, 0) is 10.8 Å². The Bertz CT molecular complexity index is 438. The third-order valence-electron chi connectivity index (χ3n) is 2.40. The zero-order chi connectivity index (χ0) is 14.4. The van der Waals surface area contributed by atoms with Crippen molar-refractivity contribution in [2.24, 2.45) is 0 Å². The number of aromatic nitrogens is 2. The molecule has 0 fully saturated rings. The Labute approximate surface area is 117 Å². The summed E-state index contributed by atoms with van der Waals surface area (Å²) in [5.41, 5.74) is 0.861. The van der Waals surface area contributed by atoms with Crippen LogP contribution in [0.15, 0.2) is 6.07 Å². The molecule has 1 aromatic heterocycles. The van der Waals surface area contributed by atoms with Gasteiger partial charge in [-0.15, -0.1) is 0 Å². The molecule has 2 atom stereocenters. The molecule has 0 saturated heterocycles. The van der Waals surface area contributed by atoms with Crippen LogP contribution in [-0.4, -0.2) is 38.3 Å². The van der Waals surface area contributed by atoms with E-state index in [1.165, 1.54) is 0 Å². The van der Waals surface area contributed by atoms with Gasteiger partial charge in [0, 0.05) is 40.6 Å². The van der Waals surface area contributed by atoms with Crippen molar-refractivity contribution in [3.63, 3.8) is 0 Å². The maximum atomic E-state index is 11.1. The number of rotatable bonds is 7. The first kappa shape index (κ1) is 15.9. The number of nitrogens with one attached hydrogen (secondary N) is 1. The van der Waals surface area contributed by atoms with E-state index < -0.39 is 10.8 Å². The predicted molar refractivity (Wildman–Crippen MR) is 79.2 cm³/mol. The van der Waals surface area contributed by atoms with Gasteiger partial charge in [0.25, 0.3) is 0 Å². The average molecular weight is 285 g/mol. The molecular weight excluding hydrogens is 262 g/mol. The number of hydrogen-bond acceptors (Lipinski definition) is 5. The highest BCUT2D eigenvalue weighted by Crippen LogP contribution is 2.14. The van der Waals surface area contributed by atoms with E-state index in [1.807, 2.05) is 33.8 Å². The maximum absolute atomic E-state index is 11.1. The summed E-state index contributed by atoms with van der Waals surface area (Å²) in [7, 11) is -0.766. The molecule has 108 valence electrons. The molecule has 0 aromatic carbocycles. The van der Waals surface area contributed by atoms with Gasteiger partial charge in [0.1, 0.15) is 0 Å². The summed E-state index contributed by atoms with van der Waals surface area (Å²) in [6, 6.07) is 1.99. The monoisotopic (exact) mass is 285 g/mol. The first-order valence-corrected chi connectivity index (χ1v) is 8.18. The SMILES string of the molecule is Cc1cc(OC(C)C)nc(NC(C)CCS(C)=O)n1. The molecule has 19 heavy (non-hydrogen) atoms. The molecule has 1 N–H and O–H groups in total. The average Bonchev–Trinajstić information content (AvgIpc) is 2.24. The minimum absolute atomic E-state index is 0.0853. The summed E-state index contributed by atoms with van der Waals surface area (Å²) < 4.78 is 16.6. The Morgan fingerprint density at radius 2 is 2.05 bits per heavy atom. The van der Waals surface area contributed by atoms with Crippen molar-refractivity contribution in [3.05, 3.63) is 11.8 Å². The number of anilines is 1. The molecule has 5 nitrogen and oxygen atoms in total. The third kappa shape index (κ3) is 6.52. The fraction of sp³-hybridized carbons (Fsp3) is 0.692. The quantitative estimate of drug-likeness (QED) is 0.831. The van der Waals surface area contributed by atoms with Crippen LogP contribution in [0.2, 0.25) is 0 Å². The maximum Gasteiger partial charge on any atom is 0.226 e. The number of aryl methyl sites for hydroxylation is 1. The van der Waals surface area contributed by atoms with Gasteiger partial charge in [-0.2, -0.15) is 4.98 Å². The molecule has 2 unspecified atom stereocenters. The molecule has 1 heterocycles. The van der Waals surface area contributed by atoms with Crippen LogP contribution in [0.3, 0.4) is 0 Å². The number of ether oxygens (including phenoxy) is 1. The lowest BCUT2D eigenvalue weighted by molar-refractivity contribution is 0.232. The highest BCUT2D eigenvalue weighted by atomic mass is 32.2. The second-order valence-electron chi connectivity index (χ2n) is 4.95. The molecule has 0 aliphatic rings. The summed E-state index contributed by atoms with van der Waals surface area (Å²) in [6.07, 6.45) is 2.62. The van der Waals surface area contributed by atoms with Crippen molar-refractivity contribution in [2.45, 2.75) is 46.3 Å². The number of hydrogen-bond donors (Lipinski definition) is 1. The lowest BCUT2D eigenvalue weighted by atomic mass is 10.3. The van der Waals surface area contributed by atoms with E-state index in [0.717, 1.165) is 12.1 Å². The Morgan fingerprint density at radius 3 is 2.63 bits per heavy atom. The van der Waals surface area contributed by atoms with E-state index in [2.05, 4.69) is 15.3 Å². The zero-order valence-corrected chi connectivity index (χ0v) is 13.1. The van der Waals surface area contributed by atoms with Gasteiger partial charge in [0.05, 0.1) is 6.10 Å². The van der Waals surface area contributed by atoms with Crippen LogP contribution in [0.5, 0.6) is 5.88 Å². The van der Waals surface area contributed by atoms with Crippen LogP contribution in [0.25, 0.3) is 0 Å². The van der Waals surface area contributed by atoms with Gasteiger partial charge >= 0.3 is 0 Å². The highest BCUT2D eigenvalue weighted by molar-refractivity contribution is 7.84. The first-order chi connectivity index (χ1) is 8.86. The second kappa shape index (κ2) is 7.43. The van der Waals surface area contributed by atoms with Crippen LogP contribution in [0, 0.1) is 6.92 Å². The topological polar surface area (TPSA) is 64.1 Å². The van der Waals surface area contributed by atoms with E-state index in [0.29, 0.717) is 17.6 Å². The van der Waals surface area contributed by atoms with Gasteiger partial charge in [-0.25, -0.2) is 4.98 Å². The largest absolute Gasteiger partial charge is 0.475 e. The minimum atomic E-state index is -0.766. The second-order valence-corrected chi connectivity index (χ2v) is 6.50. The predicted octanol–water partition coefficient (Wildman–Crippen LogP) is 2.14. The smallest absolute Gasteiger partial charge is 0.226 e. The summed E-state index contributed by atoms with van der Waals surface area (Å²) in [6.45, 7) is 7.86. The molecule has 0 bridgehead atoms. The Morgan fingerprint density at radius 1 is 1.37 bits per heavy atom. The molecule has 0 amide bonds. The molecule has 6 heteroatoms. The third-order valence-corrected chi connectivity index (χ3v) is 3.21. The van der Waals surface area contributed by atoms with Crippen molar-refractivity contribution in [3.8, 4) is 5.88 Å². The first-order valence-electron chi connectivity index (χ1n) is 6.45. The van der Waals surface area contributed by atoms with Crippen molar-refractivity contribution >= 4 is 16.7 Å². The molecule has 0 radical (unpaired) electrons. The summed E-state index contributed by atoms with van der Waals surface area (Å²) in [4.78, 5) is 8.65. The van der Waals surface area contributed by atoms with E-state index >= 15 is 0 Å². The van der Waals surface area contributed by atoms with Crippen molar-refractivity contribution < 1.29 is 8.95 Å². The molecular formula is C13H23N3O2S. The molecule has 0 aliphatic heterocycles. The zero-order valence-electron chi connectivity index (χ0n) is 12.3. The fourth-order valence-corrected chi connectivity index (χ4v) is 2.23. The van der Waals surface area contributed by atoms with Gasteiger partial charge < -0.3 is 10.1 Å². The summed E-state index contributed by atoms with van der Waals surface area (Å²) >= 11 is 0. The lowest BCUT2D eigenvalue weighted by Crippen LogP contribution is -2.20. The van der Waals surface area contributed by atoms with Crippen LogP contribution in [0.4, 0.5) is 5.95 Å². The van der Waals surface area contributed by atoms with Gasteiger partial charge in [0.2, 0.25) is 11.8 Å². The van der Waals surface area contributed by atoms with Crippen LogP contribution in [0.1, 0.15) is 32.9 Å². The summed E-state index contributed by atoms with van der Waals surface area (Å²) in [5, 5.41) is 3.22. The van der Waals surface area contributed by atoms with Crippen LogP contribution >= 0.6 is 0 Å². The van der Waals surface area contributed by atoms with Crippen molar-refractivity contribution in [1.82, 2.24) is 9.97 Å². The molecule has 0 saturated carbocycles. The fourth-order valence-electron chi connectivity index (χ4n) is 1.54. The normalized spacial score (nSPS) is 14.2. The van der Waals surface area contributed by atoms with Gasteiger partial charge in [-0.1, -0.05) is 0 Å². The van der Waals surface area contributed by atoms with E-state index in [9.17, 15) is 4.21 Å². The highest BCUT2D eigenvalue weighted by Gasteiger charge is 2.08. The number of nitrogens with zero attached hydrogens (tertiary/aromatic N) is 2. The lowest BCUT2D eigenvalue weighted by Gasteiger charge is -2.15. The van der Waals surface area contributed by atoms with E-state index in [1.54, 1.807) is 6.26 Å². The molecule has 0 aliphatic carbocycles. The van der Waals surface area contributed by atoms with Gasteiger partial charge in [0.15, 0.2) is 0 Å². The molecule has 1 rings (SSSR count). The van der Waals surface area contributed by atoms with Gasteiger partial charge in [-0.05, 0) is 34.1 Å². The standard InChI is InChI=1S/C13H23N3O2S/c1-9(2)18-12-8-11(4)15-13(16-12)14-10(3)6-7-19(5)17/h8-10H,6-7H2,1-5H3,(H,14,15,16). The molecule has 0 spiro atoms. The van der Waals surface area contributed by atoms with Crippen molar-refractivity contribution in [1.29, 1.82) is 0 Å². The molecule has 1 aromatic rings. The Balaban J connectivity index is 2.66. The summed E-state index contributed by atoms with van der Waals surface area (Å²) in [5.74, 6) is 1.82. The van der Waals surface area contributed by atoms with Crippen LogP contribution < -0.4 is 10.1 Å². The van der Waals surface area contributed by atoms with E-state index in [4.69, 9.17) is 4.74 Å².